The third kappa shape index (κ3) is 2.26. The minimum atomic E-state index is -0.429. The maximum Gasteiger partial charge on any atom is 0.231 e. The molecule has 0 saturated carbocycles. The second-order valence-corrected chi connectivity index (χ2v) is 6.56. The Bertz CT molecular complexity index is 806. The maximum absolute atomic E-state index is 12.2. The van der Waals surface area contributed by atoms with Gasteiger partial charge in [-0.05, 0) is 30.2 Å². The lowest BCUT2D eigenvalue weighted by Gasteiger charge is -2.31. The summed E-state index contributed by atoms with van der Waals surface area (Å²) in [5.41, 5.74) is 0.567. The predicted octanol–water partition coefficient (Wildman–Crippen LogP) is 3.68. The number of carbonyl (C=O) groups is 1. The molecule has 0 radical (unpaired) electrons. The highest BCUT2D eigenvalue weighted by molar-refractivity contribution is 6.04. The molecule has 1 aliphatic carbocycles. The Morgan fingerprint density at radius 2 is 2.16 bits per heavy atom. The van der Waals surface area contributed by atoms with Gasteiger partial charge in [0.25, 0.3) is 0 Å². The first-order valence-electron chi connectivity index (χ1n) is 8.29. The van der Waals surface area contributed by atoms with Crippen molar-refractivity contribution in [1.29, 1.82) is 0 Å². The van der Waals surface area contributed by atoms with E-state index in [9.17, 15) is 4.79 Å². The molecule has 1 aromatic carbocycles. The lowest BCUT2D eigenvalue weighted by molar-refractivity contribution is -0.114. The molecule has 1 aromatic rings. The highest BCUT2D eigenvalue weighted by Crippen LogP contribution is 2.58. The molecule has 0 bridgehead atoms. The molecule has 3 atom stereocenters. The van der Waals surface area contributed by atoms with Crippen molar-refractivity contribution in [2.75, 3.05) is 13.9 Å². The Kier molecular flexibility index (Phi) is 3.60. The van der Waals surface area contributed by atoms with Crippen LogP contribution in [-0.4, -0.2) is 19.7 Å². The average Bonchev–Trinajstić information content (AvgIpc) is 3.18. The first-order valence-corrected chi connectivity index (χ1v) is 8.29. The van der Waals surface area contributed by atoms with Gasteiger partial charge >= 0.3 is 0 Å². The number of allylic oxidation sites excluding steroid dienone is 3. The standard InChI is InChI=1S/C20H20O5/c1-4-7-20-10-17(22-3)14(21)9-18(20)25-19(12(20)2)13-5-6-15-16(8-13)24-11-23-15/h4-6,8-10,12,19H,1,7,11H2,2-3H3/t12-,19+,20+/m1/s1. The van der Waals surface area contributed by atoms with E-state index in [0.29, 0.717) is 17.9 Å². The second kappa shape index (κ2) is 5.69. The number of methoxy groups -OCH3 is 1. The molecular weight excluding hydrogens is 320 g/mol. The zero-order valence-corrected chi connectivity index (χ0v) is 14.3. The van der Waals surface area contributed by atoms with Gasteiger partial charge < -0.3 is 18.9 Å². The molecule has 130 valence electrons. The largest absolute Gasteiger partial charge is 0.493 e. The van der Waals surface area contributed by atoms with Crippen molar-refractivity contribution in [3.8, 4) is 11.5 Å². The molecule has 4 rings (SSSR count). The third-order valence-corrected chi connectivity index (χ3v) is 5.30. The molecule has 2 aliphatic heterocycles. The topological polar surface area (TPSA) is 54.0 Å². The van der Waals surface area contributed by atoms with Crippen LogP contribution in [0.15, 0.2) is 54.5 Å². The zero-order chi connectivity index (χ0) is 17.6. The number of rotatable bonds is 4. The van der Waals surface area contributed by atoms with E-state index in [2.05, 4.69) is 13.5 Å². The van der Waals surface area contributed by atoms with Crippen LogP contribution in [-0.2, 0) is 14.3 Å². The molecular formula is C20H20O5. The van der Waals surface area contributed by atoms with E-state index in [-0.39, 0.29) is 24.6 Å². The van der Waals surface area contributed by atoms with E-state index >= 15 is 0 Å². The Morgan fingerprint density at radius 3 is 2.92 bits per heavy atom. The summed E-state index contributed by atoms with van der Waals surface area (Å²) in [7, 11) is 1.51. The van der Waals surface area contributed by atoms with Gasteiger partial charge in [-0.25, -0.2) is 0 Å². The fourth-order valence-electron chi connectivity index (χ4n) is 3.90. The average molecular weight is 340 g/mol. The number of fused-ring (bicyclic) bond motifs is 2. The van der Waals surface area contributed by atoms with Gasteiger partial charge in [0.05, 0.1) is 12.5 Å². The number of benzene rings is 1. The molecule has 1 fully saturated rings. The highest BCUT2D eigenvalue weighted by atomic mass is 16.7. The SMILES string of the molecule is C=CC[C@@]12C=C(OC)C(=O)C=C1O[C@H](c1ccc3c(c1)OCO3)[C@H]2C. The molecule has 3 aliphatic rings. The molecule has 25 heavy (non-hydrogen) atoms. The quantitative estimate of drug-likeness (QED) is 0.783. The summed E-state index contributed by atoms with van der Waals surface area (Å²) < 4.78 is 22.4. The van der Waals surface area contributed by atoms with Crippen molar-refractivity contribution < 1.29 is 23.7 Å². The molecule has 0 unspecified atom stereocenters. The summed E-state index contributed by atoms with van der Waals surface area (Å²) in [4.78, 5) is 12.2. The van der Waals surface area contributed by atoms with E-state index in [0.717, 1.165) is 17.1 Å². The fraction of sp³-hybridized carbons (Fsp3) is 0.350. The van der Waals surface area contributed by atoms with E-state index in [4.69, 9.17) is 18.9 Å². The van der Waals surface area contributed by atoms with Crippen molar-refractivity contribution in [1.82, 2.24) is 0 Å². The van der Waals surface area contributed by atoms with Crippen LogP contribution in [0, 0.1) is 11.3 Å². The summed E-state index contributed by atoms with van der Waals surface area (Å²) >= 11 is 0. The van der Waals surface area contributed by atoms with Gasteiger partial charge in [-0.3, -0.25) is 4.79 Å². The van der Waals surface area contributed by atoms with Crippen LogP contribution in [0.4, 0.5) is 0 Å². The van der Waals surface area contributed by atoms with Crippen molar-refractivity contribution in [3.05, 3.63) is 60.1 Å². The zero-order valence-electron chi connectivity index (χ0n) is 14.3. The number of hydrogen-bond acceptors (Lipinski definition) is 5. The molecule has 0 amide bonds. The van der Waals surface area contributed by atoms with Gasteiger partial charge in [0.1, 0.15) is 11.9 Å². The van der Waals surface area contributed by atoms with Crippen LogP contribution in [0.2, 0.25) is 0 Å². The van der Waals surface area contributed by atoms with E-state index < -0.39 is 5.41 Å². The van der Waals surface area contributed by atoms with E-state index in [1.165, 1.54) is 7.11 Å². The molecule has 1 saturated heterocycles. The molecule has 2 heterocycles. The van der Waals surface area contributed by atoms with Gasteiger partial charge in [0.2, 0.25) is 12.6 Å². The highest BCUT2D eigenvalue weighted by Gasteiger charge is 2.53. The van der Waals surface area contributed by atoms with Crippen LogP contribution < -0.4 is 9.47 Å². The Labute approximate surface area is 146 Å². The number of ether oxygens (including phenoxy) is 4. The van der Waals surface area contributed by atoms with Crippen molar-refractivity contribution in [3.63, 3.8) is 0 Å². The number of carbonyl (C=O) groups excluding carboxylic acids is 1. The second-order valence-electron chi connectivity index (χ2n) is 6.56. The Hall–Kier alpha value is -2.69. The summed E-state index contributed by atoms with van der Waals surface area (Å²) in [6, 6.07) is 5.83. The Morgan fingerprint density at radius 1 is 1.36 bits per heavy atom. The minimum absolute atomic E-state index is 0.0929. The lowest BCUT2D eigenvalue weighted by Crippen LogP contribution is -2.29. The van der Waals surface area contributed by atoms with E-state index in [1.807, 2.05) is 30.4 Å². The van der Waals surface area contributed by atoms with Crippen LogP contribution in [0.3, 0.4) is 0 Å². The maximum atomic E-state index is 12.2. The first kappa shape index (κ1) is 15.8. The predicted molar refractivity (Wildman–Crippen MR) is 91.0 cm³/mol. The number of ketones is 1. The van der Waals surface area contributed by atoms with Gasteiger partial charge in [-0.2, -0.15) is 0 Å². The summed E-state index contributed by atoms with van der Waals surface area (Å²) in [6.07, 6.45) is 5.77. The van der Waals surface area contributed by atoms with Crippen LogP contribution >= 0.6 is 0 Å². The summed E-state index contributed by atoms with van der Waals surface area (Å²) in [5.74, 6) is 2.41. The summed E-state index contributed by atoms with van der Waals surface area (Å²) in [6.45, 7) is 6.25. The fourth-order valence-corrected chi connectivity index (χ4v) is 3.90. The van der Waals surface area contributed by atoms with Crippen LogP contribution in [0.5, 0.6) is 11.5 Å². The van der Waals surface area contributed by atoms with Crippen molar-refractivity contribution >= 4 is 5.78 Å². The van der Waals surface area contributed by atoms with Gasteiger partial charge in [-0.15, -0.1) is 6.58 Å². The molecule has 0 aromatic heterocycles. The number of hydrogen-bond donors (Lipinski definition) is 0. The minimum Gasteiger partial charge on any atom is -0.493 e. The summed E-state index contributed by atoms with van der Waals surface area (Å²) in [5, 5.41) is 0. The molecule has 0 spiro atoms. The lowest BCUT2D eigenvalue weighted by atomic mass is 9.69. The first-order chi connectivity index (χ1) is 12.1. The van der Waals surface area contributed by atoms with Crippen molar-refractivity contribution in [2.24, 2.45) is 11.3 Å². The van der Waals surface area contributed by atoms with E-state index in [1.54, 1.807) is 6.08 Å². The Balaban J connectivity index is 1.76. The molecule has 5 nitrogen and oxygen atoms in total. The monoisotopic (exact) mass is 340 g/mol. The molecule has 0 N–H and O–H groups in total. The normalized spacial score (nSPS) is 29.4. The van der Waals surface area contributed by atoms with Crippen LogP contribution in [0.25, 0.3) is 0 Å². The van der Waals surface area contributed by atoms with Gasteiger partial charge in [-0.1, -0.05) is 19.1 Å². The van der Waals surface area contributed by atoms with Crippen molar-refractivity contribution in [2.45, 2.75) is 19.4 Å². The smallest absolute Gasteiger partial charge is 0.231 e. The van der Waals surface area contributed by atoms with Gasteiger partial charge in [0.15, 0.2) is 17.3 Å². The van der Waals surface area contributed by atoms with Gasteiger partial charge in [0, 0.05) is 12.0 Å². The molecule has 5 heteroatoms. The third-order valence-electron chi connectivity index (χ3n) is 5.30. The van der Waals surface area contributed by atoms with Crippen LogP contribution in [0.1, 0.15) is 25.0 Å².